The van der Waals surface area contributed by atoms with E-state index in [4.69, 9.17) is 40.7 Å². The van der Waals surface area contributed by atoms with Gasteiger partial charge in [0.1, 0.15) is 23.9 Å². The van der Waals surface area contributed by atoms with Crippen LogP contribution < -0.4 is 5.32 Å². The minimum Gasteiger partial charge on any atom is -0.456 e. The molecule has 3 aromatic rings. The summed E-state index contributed by atoms with van der Waals surface area (Å²) in [5.74, 6) is -5.75. The lowest BCUT2D eigenvalue weighted by molar-refractivity contribution is -0.331. The monoisotopic (exact) mass is 941 g/mol. The van der Waals surface area contributed by atoms with E-state index in [1.54, 1.807) is 119 Å². The maximum atomic E-state index is 15.8. The number of thiol groups is 1. The Bertz CT molecular complexity index is 2410. The molecule has 3 aliphatic carbocycles. The van der Waals surface area contributed by atoms with Crippen molar-refractivity contribution in [3.63, 3.8) is 0 Å². The van der Waals surface area contributed by atoms with Crippen LogP contribution in [0.15, 0.2) is 102 Å². The van der Waals surface area contributed by atoms with E-state index in [9.17, 15) is 24.3 Å². The topological polar surface area (TPSA) is 190 Å². The van der Waals surface area contributed by atoms with Gasteiger partial charge in [-0.3, -0.25) is 19.2 Å². The second-order valence-corrected chi connectivity index (χ2v) is 24.6. The summed E-state index contributed by atoms with van der Waals surface area (Å²) < 4.78 is 38.0. The lowest BCUT2D eigenvalue weighted by atomic mass is 9.45. The molecular weight excluding hydrogens is 883 g/mol. The van der Waals surface area contributed by atoms with Gasteiger partial charge < -0.3 is 38.5 Å². The van der Waals surface area contributed by atoms with Crippen LogP contribution in [0.1, 0.15) is 86.7 Å². The quantitative estimate of drug-likeness (QED) is 0.0585. The Kier molecular flexibility index (Phi) is 13.4. The zero-order valence-electron chi connectivity index (χ0n) is 38.7. The fourth-order valence-corrected chi connectivity index (χ4v) is 12.1. The zero-order valence-corrected chi connectivity index (χ0v) is 40.6. The largest absolute Gasteiger partial charge is 0.456 e. The van der Waals surface area contributed by atoms with Crippen LogP contribution in [0, 0.1) is 16.7 Å². The van der Waals surface area contributed by atoms with E-state index in [1.165, 1.54) is 6.92 Å². The maximum absolute atomic E-state index is 15.8. The Morgan fingerprint density at radius 3 is 1.94 bits per heavy atom. The zero-order chi connectivity index (χ0) is 48.1. The SMILES string of the molecule is CC(=O)OC1C(=O)[C@]2(C)C(S)CC3OCC3(OC(C)=O)C2C(OC(=O)c2ccccc2)C2(O)CC(OC(=O)C(O[Si](C)(C)C)C(NC(=O)c3ccccc3)c3ccccc3)C(C)=C1C2(C)C. The normalized spacial score (nSPS) is 30.9. The first-order valence-corrected chi connectivity index (χ1v) is 26.1. The smallest absolute Gasteiger partial charge is 0.338 e. The van der Waals surface area contributed by atoms with E-state index in [1.807, 2.05) is 19.6 Å². The minimum atomic E-state index is -2.67. The molecule has 1 heterocycles. The fourth-order valence-electron chi connectivity index (χ4n) is 10.7. The number of amides is 1. The molecule has 1 aliphatic heterocycles. The van der Waals surface area contributed by atoms with Crippen molar-refractivity contribution in [2.45, 2.75) is 127 Å². The highest BCUT2D eigenvalue weighted by Crippen LogP contribution is 2.65. The molecule has 2 saturated carbocycles. The Labute approximate surface area is 391 Å². The van der Waals surface area contributed by atoms with Crippen molar-refractivity contribution in [3.05, 3.63) is 119 Å². The average Bonchev–Trinajstić information content (AvgIpc) is 3.26. The van der Waals surface area contributed by atoms with Gasteiger partial charge in [0, 0.05) is 36.5 Å². The predicted octanol–water partition coefficient (Wildman–Crippen LogP) is 6.53. The molecule has 352 valence electrons. The second kappa shape index (κ2) is 18.2. The van der Waals surface area contributed by atoms with Crippen molar-refractivity contribution in [2.24, 2.45) is 16.7 Å². The number of nitrogens with one attached hydrogen (secondary N) is 1. The first-order chi connectivity index (χ1) is 31.0. The van der Waals surface area contributed by atoms with Crippen molar-refractivity contribution < 1.29 is 62.0 Å². The third-order valence-electron chi connectivity index (χ3n) is 13.9. The third kappa shape index (κ3) is 8.66. The van der Waals surface area contributed by atoms with Gasteiger partial charge in [-0.2, -0.15) is 12.6 Å². The van der Waals surface area contributed by atoms with E-state index in [0.717, 1.165) is 6.92 Å². The van der Waals surface area contributed by atoms with Crippen molar-refractivity contribution in [1.29, 1.82) is 0 Å². The van der Waals surface area contributed by atoms with Crippen molar-refractivity contribution in [3.8, 4) is 0 Å². The van der Waals surface area contributed by atoms with E-state index in [-0.39, 0.29) is 24.2 Å². The molecule has 1 amide bonds. The highest BCUT2D eigenvalue weighted by Gasteiger charge is 2.78. The summed E-state index contributed by atoms with van der Waals surface area (Å²) in [6.45, 7) is 14.4. The lowest BCUT2D eigenvalue weighted by Gasteiger charge is -2.67. The number of carbonyl (C=O) groups excluding carboxylic acids is 6. The number of hydrogen-bond acceptors (Lipinski definition) is 14. The summed E-state index contributed by atoms with van der Waals surface area (Å²) >= 11 is 4.99. The van der Waals surface area contributed by atoms with Gasteiger partial charge >= 0.3 is 23.9 Å². The van der Waals surface area contributed by atoms with Crippen LogP contribution in [-0.2, 0) is 47.3 Å². The molecule has 1 saturated heterocycles. The van der Waals surface area contributed by atoms with Gasteiger partial charge in [0.25, 0.3) is 5.91 Å². The van der Waals surface area contributed by atoms with Gasteiger partial charge in [-0.05, 0) is 74.0 Å². The molecule has 66 heavy (non-hydrogen) atoms. The Morgan fingerprint density at radius 1 is 0.833 bits per heavy atom. The van der Waals surface area contributed by atoms with Crippen molar-refractivity contribution >= 4 is 56.5 Å². The summed E-state index contributed by atoms with van der Waals surface area (Å²) in [7, 11) is -2.67. The number of hydrogen-bond donors (Lipinski definition) is 3. The number of Topliss-reactive ketones (excluding diaryl/α,β-unsaturated/α-hetero) is 1. The van der Waals surface area contributed by atoms with Crippen LogP contribution in [0.25, 0.3) is 0 Å². The Hall–Kier alpha value is -5.13. The van der Waals surface area contributed by atoms with E-state index in [0.29, 0.717) is 16.7 Å². The molecule has 2 bridgehead atoms. The number of carbonyl (C=O) groups is 6. The van der Waals surface area contributed by atoms with Gasteiger partial charge in [-0.15, -0.1) is 0 Å². The Balaban J connectivity index is 1.43. The summed E-state index contributed by atoms with van der Waals surface area (Å²) in [6, 6.07) is 24.4. The number of rotatable bonds is 12. The standard InChI is InChI=1S/C50H59NO13SSi/c1-28-34(61-46(57)40(64-66(7,8)9)38(31-19-13-10-14-20-31)51-44(55)32-21-15-11-16-22-32)26-50(58)43(62-45(56)33-23-17-12-18-24-33)41-48(6,36(65)25-35-49(41,27-59-35)63-30(3)53)42(54)39(60-29(2)52)37(28)47(50,4)5/h10-24,34-36,38-41,43,58,65H,25-27H2,1-9H3,(H,51,55)/t34?,35?,36?,38?,39?,40?,41?,43?,48-,49?,50?/m1/s1. The van der Waals surface area contributed by atoms with Crippen LogP contribution in [0.4, 0.5) is 0 Å². The van der Waals surface area contributed by atoms with Gasteiger partial charge in [-0.25, -0.2) is 9.59 Å². The molecule has 16 heteroatoms. The first kappa shape index (κ1) is 48.8. The molecule has 2 N–H and O–H groups in total. The molecule has 3 fully saturated rings. The summed E-state index contributed by atoms with van der Waals surface area (Å²) in [5.41, 5.74) is -5.79. The van der Waals surface area contributed by atoms with Crippen LogP contribution in [-0.4, -0.2) is 103 Å². The number of fused-ring (bicyclic) bond motifs is 5. The summed E-state index contributed by atoms with van der Waals surface area (Å²) in [5, 5.41) is 16.1. The predicted molar refractivity (Wildman–Crippen MR) is 247 cm³/mol. The molecule has 4 aliphatic rings. The summed E-state index contributed by atoms with van der Waals surface area (Å²) in [6.07, 6.45) is -7.32. The van der Waals surface area contributed by atoms with Gasteiger partial charge in [0.05, 0.1) is 29.5 Å². The van der Waals surface area contributed by atoms with Crippen LogP contribution >= 0.6 is 12.6 Å². The van der Waals surface area contributed by atoms with Crippen LogP contribution in [0.2, 0.25) is 19.6 Å². The lowest BCUT2D eigenvalue weighted by Crippen LogP contribution is -2.81. The highest BCUT2D eigenvalue weighted by molar-refractivity contribution is 7.81. The molecule has 0 spiro atoms. The molecule has 0 radical (unpaired) electrons. The van der Waals surface area contributed by atoms with E-state index in [2.05, 4.69) is 5.32 Å². The van der Waals surface area contributed by atoms with Crippen molar-refractivity contribution in [2.75, 3.05) is 6.61 Å². The van der Waals surface area contributed by atoms with E-state index < -0.39 is 120 Å². The number of aliphatic hydroxyl groups is 1. The minimum absolute atomic E-state index is 0.114. The van der Waals surface area contributed by atoms with E-state index >= 15 is 9.59 Å². The second-order valence-electron chi connectivity index (χ2n) is 19.6. The number of benzene rings is 3. The van der Waals surface area contributed by atoms with Crippen LogP contribution in [0.3, 0.4) is 0 Å². The Morgan fingerprint density at radius 2 is 1.41 bits per heavy atom. The molecule has 3 aromatic carbocycles. The van der Waals surface area contributed by atoms with Crippen LogP contribution in [0.5, 0.6) is 0 Å². The molecular formula is C50H59NO13SSi. The number of ether oxygens (including phenoxy) is 5. The molecule has 14 nitrogen and oxygen atoms in total. The molecule has 10 unspecified atom stereocenters. The average molecular weight is 942 g/mol. The third-order valence-corrected chi connectivity index (χ3v) is 15.6. The number of ketones is 1. The van der Waals surface area contributed by atoms with Gasteiger partial charge in [0.15, 0.2) is 31.9 Å². The molecule has 11 atom stereocenters. The molecule has 7 rings (SSSR count). The number of esters is 4. The van der Waals surface area contributed by atoms with Gasteiger partial charge in [-0.1, -0.05) is 87.5 Å². The highest BCUT2D eigenvalue weighted by atomic mass is 32.1. The van der Waals surface area contributed by atoms with Crippen molar-refractivity contribution in [1.82, 2.24) is 5.32 Å². The first-order valence-electron chi connectivity index (χ1n) is 22.2. The fraction of sp³-hybridized carbons (Fsp3) is 0.480. The maximum Gasteiger partial charge on any atom is 0.338 e. The summed E-state index contributed by atoms with van der Waals surface area (Å²) in [4.78, 5) is 85.6. The molecule has 0 aromatic heterocycles. The van der Waals surface area contributed by atoms with Gasteiger partial charge in [0.2, 0.25) is 0 Å².